The molecule has 0 atom stereocenters. The molecule has 3 rings (SSSR count). The first-order chi connectivity index (χ1) is 9.81. The van der Waals surface area contributed by atoms with Gasteiger partial charge in [-0.15, -0.1) is 0 Å². The molecule has 0 spiro atoms. The lowest BCUT2D eigenvalue weighted by Crippen LogP contribution is -2.28. The number of anilines is 1. The van der Waals surface area contributed by atoms with Gasteiger partial charge in [0, 0.05) is 30.9 Å². The van der Waals surface area contributed by atoms with Crippen LogP contribution in [0.4, 0.5) is 5.69 Å². The van der Waals surface area contributed by atoms with E-state index >= 15 is 0 Å². The van der Waals surface area contributed by atoms with Crippen LogP contribution in [0.25, 0.3) is 0 Å². The maximum Gasteiger partial charge on any atom is 0.123 e. The summed E-state index contributed by atoms with van der Waals surface area (Å²) in [6, 6.07) is 16.4. The molecule has 2 aromatic carbocycles. The number of hydrogen-bond acceptors (Lipinski definition) is 3. The zero-order chi connectivity index (χ0) is 13.8. The topological polar surface area (TPSA) is 38.5 Å². The first-order valence-corrected chi connectivity index (χ1v) is 7.09. The van der Waals surface area contributed by atoms with E-state index in [1.807, 2.05) is 18.2 Å². The zero-order valence-electron chi connectivity index (χ0n) is 11.6. The number of benzene rings is 2. The molecule has 0 unspecified atom stereocenters. The van der Waals surface area contributed by atoms with Crippen LogP contribution in [0, 0.1) is 0 Å². The largest absolute Gasteiger partial charge is 0.492 e. The quantitative estimate of drug-likeness (QED) is 0.870. The third-order valence-electron chi connectivity index (χ3n) is 3.70. The molecule has 0 radical (unpaired) electrons. The molecule has 1 aliphatic rings. The third kappa shape index (κ3) is 3.11. The molecular weight excluding hydrogens is 248 g/mol. The van der Waals surface area contributed by atoms with Crippen molar-refractivity contribution in [1.82, 2.24) is 4.90 Å². The lowest BCUT2D eigenvalue weighted by molar-refractivity contribution is 0.228. The number of hydrogen-bond donors (Lipinski definition) is 1. The van der Waals surface area contributed by atoms with E-state index in [-0.39, 0.29) is 0 Å². The molecule has 0 saturated carbocycles. The summed E-state index contributed by atoms with van der Waals surface area (Å²) in [6.07, 6.45) is 1.02. The zero-order valence-corrected chi connectivity index (χ0v) is 11.6. The lowest BCUT2D eigenvalue weighted by Gasteiger charge is -2.19. The van der Waals surface area contributed by atoms with Crippen LogP contribution in [0.5, 0.6) is 5.75 Å². The fourth-order valence-electron chi connectivity index (χ4n) is 2.61. The van der Waals surface area contributed by atoms with Gasteiger partial charge in [0.05, 0.1) is 0 Å². The fourth-order valence-corrected chi connectivity index (χ4v) is 2.61. The summed E-state index contributed by atoms with van der Waals surface area (Å²) in [5, 5.41) is 0. The third-order valence-corrected chi connectivity index (χ3v) is 3.70. The normalized spacial score (nSPS) is 15.2. The Labute approximate surface area is 120 Å². The SMILES string of the molecule is Nc1cccc(CCN2CCOc3ccccc3C2)c1. The predicted molar refractivity (Wildman–Crippen MR) is 81.8 cm³/mol. The summed E-state index contributed by atoms with van der Waals surface area (Å²) in [5.74, 6) is 1.03. The summed E-state index contributed by atoms with van der Waals surface area (Å²) >= 11 is 0. The highest BCUT2D eigenvalue weighted by Gasteiger charge is 2.14. The van der Waals surface area contributed by atoms with E-state index in [9.17, 15) is 0 Å². The monoisotopic (exact) mass is 268 g/mol. The second kappa shape index (κ2) is 5.97. The minimum atomic E-state index is 0.758. The maximum absolute atomic E-state index is 5.82. The molecule has 3 heteroatoms. The number of nitrogens with zero attached hydrogens (tertiary/aromatic N) is 1. The van der Waals surface area contributed by atoms with Crippen molar-refractivity contribution in [1.29, 1.82) is 0 Å². The second-order valence-electron chi connectivity index (χ2n) is 5.23. The highest BCUT2D eigenvalue weighted by atomic mass is 16.5. The maximum atomic E-state index is 5.82. The van der Waals surface area contributed by atoms with E-state index < -0.39 is 0 Å². The van der Waals surface area contributed by atoms with E-state index in [1.54, 1.807) is 0 Å². The standard InChI is InChI=1S/C17H20N2O/c18-16-6-3-4-14(12-16)8-9-19-10-11-20-17-7-2-1-5-15(17)13-19/h1-7,12H,8-11,13,18H2. The second-order valence-corrected chi connectivity index (χ2v) is 5.23. The van der Waals surface area contributed by atoms with Crippen molar-refractivity contribution >= 4 is 5.69 Å². The van der Waals surface area contributed by atoms with Crippen molar-refractivity contribution in [2.75, 3.05) is 25.4 Å². The van der Waals surface area contributed by atoms with Gasteiger partial charge in [0.25, 0.3) is 0 Å². The van der Waals surface area contributed by atoms with Crippen LogP contribution < -0.4 is 10.5 Å². The van der Waals surface area contributed by atoms with Crippen molar-refractivity contribution in [3.05, 3.63) is 59.7 Å². The molecule has 2 aromatic rings. The van der Waals surface area contributed by atoms with Crippen molar-refractivity contribution in [2.45, 2.75) is 13.0 Å². The summed E-state index contributed by atoms with van der Waals surface area (Å²) in [5.41, 5.74) is 9.23. The van der Waals surface area contributed by atoms with E-state index in [1.165, 1.54) is 11.1 Å². The average molecular weight is 268 g/mol. The first-order valence-electron chi connectivity index (χ1n) is 7.09. The Morgan fingerprint density at radius 1 is 1.10 bits per heavy atom. The van der Waals surface area contributed by atoms with Crippen molar-refractivity contribution in [2.24, 2.45) is 0 Å². The minimum Gasteiger partial charge on any atom is -0.492 e. The molecule has 104 valence electrons. The van der Waals surface area contributed by atoms with Gasteiger partial charge in [-0.1, -0.05) is 30.3 Å². The average Bonchev–Trinajstić information content (AvgIpc) is 2.67. The molecule has 0 amide bonds. The van der Waals surface area contributed by atoms with Crippen LogP contribution >= 0.6 is 0 Å². The predicted octanol–water partition coefficient (Wildman–Crippen LogP) is 2.71. The Morgan fingerprint density at radius 2 is 2.00 bits per heavy atom. The molecule has 0 bridgehead atoms. The molecule has 2 N–H and O–H groups in total. The highest BCUT2D eigenvalue weighted by Crippen LogP contribution is 2.22. The summed E-state index contributed by atoms with van der Waals surface area (Å²) in [4.78, 5) is 2.44. The van der Waals surface area contributed by atoms with Crippen LogP contribution in [-0.2, 0) is 13.0 Å². The van der Waals surface area contributed by atoms with Crippen LogP contribution in [0.1, 0.15) is 11.1 Å². The molecular formula is C17H20N2O. The van der Waals surface area contributed by atoms with Gasteiger partial charge in [0.1, 0.15) is 12.4 Å². The highest BCUT2D eigenvalue weighted by molar-refractivity contribution is 5.40. The number of para-hydroxylation sites is 1. The number of nitrogens with two attached hydrogens (primary N) is 1. The number of rotatable bonds is 3. The van der Waals surface area contributed by atoms with Crippen LogP contribution in [0.3, 0.4) is 0 Å². The molecule has 1 heterocycles. The number of fused-ring (bicyclic) bond motifs is 1. The molecule has 0 aromatic heterocycles. The van der Waals surface area contributed by atoms with E-state index in [0.717, 1.165) is 44.1 Å². The molecule has 0 aliphatic carbocycles. The number of nitrogen functional groups attached to an aromatic ring is 1. The van der Waals surface area contributed by atoms with Crippen molar-refractivity contribution < 1.29 is 4.74 Å². The lowest BCUT2D eigenvalue weighted by atomic mass is 10.1. The Hall–Kier alpha value is -2.00. The summed E-state index contributed by atoms with van der Waals surface area (Å²) in [7, 11) is 0. The van der Waals surface area contributed by atoms with E-state index in [2.05, 4.69) is 35.2 Å². The van der Waals surface area contributed by atoms with Gasteiger partial charge in [-0.25, -0.2) is 0 Å². The van der Waals surface area contributed by atoms with Crippen molar-refractivity contribution in [3.63, 3.8) is 0 Å². The Kier molecular flexibility index (Phi) is 3.88. The Morgan fingerprint density at radius 3 is 2.90 bits per heavy atom. The van der Waals surface area contributed by atoms with Gasteiger partial charge in [-0.05, 0) is 30.2 Å². The van der Waals surface area contributed by atoms with E-state index in [4.69, 9.17) is 10.5 Å². The van der Waals surface area contributed by atoms with Crippen LogP contribution in [0.2, 0.25) is 0 Å². The molecule has 3 nitrogen and oxygen atoms in total. The Balaban J connectivity index is 1.64. The smallest absolute Gasteiger partial charge is 0.123 e. The van der Waals surface area contributed by atoms with Gasteiger partial charge < -0.3 is 10.5 Å². The minimum absolute atomic E-state index is 0.758. The van der Waals surface area contributed by atoms with E-state index in [0.29, 0.717) is 0 Å². The van der Waals surface area contributed by atoms with Crippen LogP contribution in [-0.4, -0.2) is 24.6 Å². The van der Waals surface area contributed by atoms with Gasteiger partial charge in [-0.3, -0.25) is 4.90 Å². The van der Waals surface area contributed by atoms with Crippen LogP contribution in [0.15, 0.2) is 48.5 Å². The molecule has 0 fully saturated rings. The van der Waals surface area contributed by atoms with Gasteiger partial charge in [0.2, 0.25) is 0 Å². The summed E-state index contributed by atoms with van der Waals surface area (Å²) in [6.45, 7) is 3.71. The van der Waals surface area contributed by atoms with Gasteiger partial charge >= 0.3 is 0 Å². The molecule has 1 aliphatic heterocycles. The van der Waals surface area contributed by atoms with Gasteiger partial charge in [0.15, 0.2) is 0 Å². The number of ether oxygens (including phenoxy) is 1. The summed E-state index contributed by atoms with van der Waals surface area (Å²) < 4.78 is 5.79. The fraction of sp³-hybridized carbons (Fsp3) is 0.294. The Bertz CT molecular complexity index is 583. The van der Waals surface area contributed by atoms with Gasteiger partial charge in [-0.2, -0.15) is 0 Å². The molecule has 20 heavy (non-hydrogen) atoms. The van der Waals surface area contributed by atoms with Crippen molar-refractivity contribution in [3.8, 4) is 5.75 Å². The first kappa shape index (κ1) is 13.0. The molecule has 0 saturated heterocycles.